The summed E-state index contributed by atoms with van der Waals surface area (Å²) in [6.45, 7) is 4.42. The summed E-state index contributed by atoms with van der Waals surface area (Å²) in [6, 6.07) is 1.96. The van der Waals surface area contributed by atoms with Crippen LogP contribution < -0.4 is 5.32 Å². The molecule has 0 aliphatic heterocycles. The van der Waals surface area contributed by atoms with Crippen molar-refractivity contribution in [2.24, 2.45) is 5.92 Å². The van der Waals surface area contributed by atoms with Crippen molar-refractivity contribution in [1.82, 2.24) is 10.3 Å². The van der Waals surface area contributed by atoms with Gasteiger partial charge in [0.05, 0.1) is 6.10 Å². The Balaban J connectivity index is 1.91. The zero-order valence-electron chi connectivity index (χ0n) is 10.4. The average Bonchev–Trinajstić information content (AvgIpc) is 2.81. The maximum Gasteiger partial charge on any atom is 0.267 e. The van der Waals surface area contributed by atoms with Crippen LogP contribution in [0.2, 0.25) is 0 Å². The number of hydrogen-bond donors (Lipinski definition) is 3. The van der Waals surface area contributed by atoms with Gasteiger partial charge in [-0.25, -0.2) is 0 Å². The first kappa shape index (κ1) is 12.2. The molecular weight excluding hydrogens is 216 g/mol. The molecule has 3 N–H and O–H groups in total. The number of aromatic nitrogens is 1. The van der Waals surface area contributed by atoms with E-state index in [-0.39, 0.29) is 17.9 Å². The molecule has 1 amide bonds. The Labute approximate surface area is 101 Å². The maximum absolute atomic E-state index is 11.9. The molecule has 1 aliphatic rings. The summed E-state index contributed by atoms with van der Waals surface area (Å²) in [5.41, 5.74) is 2.59. The minimum absolute atomic E-state index is 0.0744. The van der Waals surface area contributed by atoms with Gasteiger partial charge >= 0.3 is 0 Å². The van der Waals surface area contributed by atoms with E-state index in [0.29, 0.717) is 12.2 Å². The molecule has 2 atom stereocenters. The smallest absolute Gasteiger partial charge is 0.267 e. The first-order valence-corrected chi connectivity index (χ1v) is 6.20. The molecule has 1 saturated carbocycles. The summed E-state index contributed by atoms with van der Waals surface area (Å²) in [4.78, 5) is 15.0. The highest BCUT2D eigenvalue weighted by Gasteiger charge is 2.25. The van der Waals surface area contributed by atoms with Gasteiger partial charge in [-0.2, -0.15) is 0 Å². The van der Waals surface area contributed by atoms with Crippen LogP contribution >= 0.6 is 0 Å². The van der Waals surface area contributed by atoms with Gasteiger partial charge in [0.1, 0.15) is 5.69 Å². The number of carbonyl (C=O) groups excluding carboxylic acids is 1. The van der Waals surface area contributed by atoms with Crippen LogP contribution in [0.5, 0.6) is 0 Å². The molecule has 1 heterocycles. The molecule has 1 aromatic rings. The summed E-state index contributed by atoms with van der Waals surface area (Å²) in [6.07, 6.45) is 2.68. The van der Waals surface area contributed by atoms with E-state index in [4.69, 9.17) is 0 Å². The van der Waals surface area contributed by atoms with Crippen molar-refractivity contribution in [3.63, 3.8) is 0 Å². The van der Waals surface area contributed by atoms with E-state index >= 15 is 0 Å². The highest BCUT2D eigenvalue weighted by Crippen LogP contribution is 2.24. The number of amides is 1. The number of hydrogen-bond acceptors (Lipinski definition) is 2. The van der Waals surface area contributed by atoms with Crippen LogP contribution in [0.3, 0.4) is 0 Å². The van der Waals surface area contributed by atoms with E-state index < -0.39 is 0 Å². The number of carbonyl (C=O) groups is 1. The molecule has 94 valence electrons. The summed E-state index contributed by atoms with van der Waals surface area (Å²) < 4.78 is 0. The molecule has 1 aromatic heterocycles. The Morgan fingerprint density at radius 1 is 1.53 bits per heavy atom. The standard InChI is InChI=1S/C13H20N2O2/c1-8-6-9(2)15-12(8)13(17)14-7-10-4-3-5-11(10)16/h6,10-11,15-16H,3-5,7H2,1-2H3,(H,14,17). The number of aromatic amines is 1. The average molecular weight is 236 g/mol. The fraction of sp³-hybridized carbons (Fsp3) is 0.615. The Morgan fingerprint density at radius 3 is 2.82 bits per heavy atom. The lowest BCUT2D eigenvalue weighted by atomic mass is 10.1. The van der Waals surface area contributed by atoms with Crippen molar-refractivity contribution < 1.29 is 9.90 Å². The van der Waals surface area contributed by atoms with Crippen LogP contribution in [0, 0.1) is 19.8 Å². The molecule has 0 bridgehead atoms. The first-order chi connectivity index (χ1) is 8.08. The molecule has 0 spiro atoms. The van der Waals surface area contributed by atoms with Crippen LogP contribution in [0.1, 0.15) is 41.0 Å². The minimum Gasteiger partial charge on any atom is -0.393 e. The molecule has 0 saturated heterocycles. The zero-order chi connectivity index (χ0) is 12.4. The number of aliphatic hydroxyl groups excluding tert-OH is 1. The van der Waals surface area contributed by atoms with Crippen molar-refractivity contribution >= 4 is 5.91 Å². The molecule has 4 heteroatoms. The fourth-order valence-corrected chi connectivity index (χ4v) is 2.53. The highest BCUT2D eigenvalue weighted by molar-refractivity contribution is 5.93. The van der Waals surface area contributed by atoms with E-state index in [1.54, 1.807) is 0 Å². The topological polar surface area (TPSA) is 65.1 Å². The van der Waals surface area contributed by atoms with Crippen molar-refractivity contribution in [2.45, 2.75) is 39.2 Å². The number of nitrogens with one attached hydrogen (secondary N) is 2. The molecule has 0 radical (unpaired) electrons. The van der Waals surface area contributed by atoms with E-state index in [9.17, 15) is 9.90 Å². The molecule has 2 rings (SSSR count). The van der Waals surface area contributed by atoms with Gasteiger partial charge in [0.2, 0.25) is 0 Å². The van der Waals surface area contributed by atoms with Gasteiger partial charge in [-0.05, 0) is 38.3 Å². The van der Waals surface area contributed by atoms with E-state index in [1.165, 1.54) is 0 Å². The van der Waals surface area contributed by atoms with Crippen molar-refractivity contribution in [3.8, 4) is 0 Å². The minimum atomic E-state index is -0.248. The van der Waals surface area contributed by atoms with Gasteiger partial charge in [0.25, 0.3) is 5.91 Å². The van der Waals surface area contributed by atoms with Crippen molar-refractivity contribution in [2.75, 3.05) is 6.54 Å². The van der Waals surface area contributed by atoms with Gasteiger partial charge in [0, 0.05) is 18.2 Å². The number of H-pyrrole nitrogens is 1. The Morgan fingerprint density at radius 2 is 2.29 bits per heavy atom. The Hall–Kier alpha value is -1.29. The second-order valence-electron chi connectivity index (χ2n) is 4.98. The molecule has 2 unspecified atom stereocenters. The molecule has 1 fully saturated rings. The van der Waals surface area contributed by atoms with Crippen LogP contribution in [-0.4, -0.2) is 28.6 Å². The van der Waals surface area contributed by atoms with Crippen LogP contribution in [0.25, 0.3) is 0 Å². The highest BCUT2D eigenvalue weighted by atomic mass is 16.3. The van der Waals surface area contributed by atoms with E-state index in [0.717, 1.165) is 30.5 Å². The quantitative estimate of drug-likeness (QED) is 0.745. The zero-order valence-corrected chi connectivity index (χ0v) is 10.4. The van der Waals surface area contributed by atoms with Crippen LogP contribution in [-0.2, 0) is 0 Å². The van der Waals surface area contributed by atoms with Gasteiger partial charge < -0.3 is 15.4 Å². The lowest BCUT2D eigenvalue weighted by Gasteiger charge is -2.14. The molecule has 17 heavy (non-hydrogen) atoms. The molecule has 1 aliphatic carbocycles. The lowest BCUT2D eigenvalue weighted by molar-refractivity contribution is 0.0912. The predicted octanol–water partition coefficient (Wildman–Crippen LogP) is 1.52. The SMILES string of the molecule is Cc1cc(C)c(C(=O)NCC2CCCC2O)[nH]1. The monoisotopic (exact) mass is 236 g/mol. The van der Waals surface area contributed by atoms with Crippen LogP contribution in [0.15, 0.2) is 6.07 Å². The second kappa shape index (κ2) is 4.92. The third-order valence-corrected chi connectivity index (χ3v) is 3.52. The summed E-state index contributed by atoms with van der Waals surface area (Å²) in [5, 5.41) is 12.6. The second-order valence-corrected chi connectivity index (χ2v) is 4.98. The van der Waals surface area contributed by atoms with Gasteiger partial charge in [-0.1, -0.05) is 6.42 Å². The number of aliphatic hydroxyl groups is 1. The van der Waals surface area contributed by atoms with Gasteiger partial charge in [0.15, 0.2) is 0 Å². The fourth-order valence-electron chi connectivity index (χ4n) is 2.53. The van der Waals surface area contributed by atoms with Crippen molar-refractivity contribution in [3.05, 3.63) is 23.0 Å². The first-order valence-electron chi connectivity index (χ1n) is 6.20. The van der Waals surface area contributed by atoms with Gasteiger partial charge in [-0.3, -0.25) is 4.79 Å². The largest absolute Gasteiger partial charge is 0.393 e. The lowest BCUT2D eigenvalue weighted by Crippen LogP contribution is -2.32. The molecule has 4 nitrogen and oxygen atoms in total. The maximum atomic E-state index is 11.9. The Kier molecular flexibility index (Phi) is 3.52. The van der Waals surface area contributed by atoms with Gasteiger partial charge in [-0.15, -0.1) is 0 Å². The summed E-state index contributed by atoms with van der Waals surface area (Å²) in [5.74, 6) is 0.144. The van der Waals surface area contributed by atoms with E-state index in [2.05, 4.69) is 10.3 Å². The Bertz CT molecular complexity index is 412. The number of aryl methyl sites for hydroxylation is 2. The van der Waals surface area contributed by atoms with E-state index in [1.807, 2.05) is 19.9 Å². The third kappa shape index (κ3) is 2.69. The number of rotatable bonds is 3. The molecule has 0 aromatic carbocycles. The predicted molar refractivity (Wildman–Crippen MR) is 65.9 cm³/mol. The van der Waals surface area contributed by atoms with Crippen molar-refractivity contribution in [1.29, 1.82) is 0 Å². The molecular formula is C13H20N2O2. The van der Waals surface area contributed by atoms with Crippen LogP contribution in [0.4, 0.5) is 0 Å². The summed E-state index contributed by atoms with van der Waals surface area (Å²) >= 11 is 0. The summed E-state index contributed by atoms with van der Waals surface area (Å²) in [7, 11) is 0. The third-order valence-electron chi connectivity index (χ3n) is 3.52. The normalized spacial score (nSPS) is 23.9.